The highest BCUT2D eigenvalue weighted by Gasteiger charge is 2.32. The zero-order valence-corrected chi connectivity index (χ0v) is 13.2. The molecule has 122 valence electrons. The van der Waals surface area contributed by atoms with Gasteiger partial charge in [-0.1, -0.05) is 12.1 Å². The molecule has 2 aromatic rings. The molecule has 3 rings (SSSR count). The number of hydrogen-bond acceptors (Lipinski definition) is 4. The van der Waals surface area contributed by atoms with Crippen molar-refractivity contribution in [3.8, 4) is 0 Å². The first kappa shape index (κ1) is 15.6. The zero-order valence-electron chi connectivity index (χ0n) is 13.2. The van der Waals surface area contributed by atoms with Crippen LogP contribution < -0.4 is 0 Å². The summed E-state index contributed by atoms with van der Waals surface area (Å²) < 4.78 is 20.3. The number of methoxy groups -OCH3 is 1. The minimum atomic E-state index is -0.367. The molecule has 0 radical (unpaired) electrons. The summed E-state index contributed by atoms with van der Waals surface area (Å²) in [5.41, 5.74) is 0.762. The van der Waals surface area contributed by atoms with Crippen LogP contribution in [-0.2, 0) is 29.0 Å². The fourth-order valence-corrected chi connectivity index (χ4v) is 2.89. The lowest BCUT2D eigenvalue weighted by Gasteiger charge is -2.32. The molecule has 1 aliphatic rings. The summed E-state index contributed by atoms with van der Waals surface area (Å²) in [6.45, 7) is 3.11. The van der Waals surface area contributed by atoms with Crippen LogP contribution in [0.25, 0.3) is 0 Å². The predicted octanol–water partition coefficient (Wildman–Crippen LogP) is 1.71. The molecular formula is C16H19FN4O2. The number of halogens is 1. The molecule has 6 nitrogen and oxygen atoms in total. The van der Waals surface area contributed by atoms with E-state index < -0.39 is 0 Å². The van der Waals surface area contributed by atoms with Crippen LogP contribution >= 0.6 is 0 Å². The lowest BCUT2D eigenvalue weighted by molar-refractivity contribution is -0.137. The number of benzene rings is 1. The Morgan fingerprint density at radius 1 is 1.39 bits per heavy atom. The first-order valence-corrected chi connectivity index (χ1v) is 7.55. The second-order valence-corrected chi connectivity index (χ2v) is 5.65. The van der Waals surface area contributed by atoms with Gasteiger partial charge in [-0.2, -0.15) is 0 Å². The maximum absolute atomic E-state index is 13.3. The van der Waals surface area contributed by atoms with Gasteiger partial charge in [0.25, 0.3) is 0 Å². The van der Waals surface area contributed by atoms with Crippen molar-refractivity contribution in [3.63, 3.8) is 0 Å². The number of carbonyl (C=O) groups is 1. The molecule has 0 unspecified atom stereocenters. The SMILES string of the molecule is COCCc1nnc2n1[C@@H](C)C(=O)N(Cc1cccc(F)c1)C2. The van der Waals surface area contributed by atoms with E-state index in [-0.39, 0.29) is 17.8 Å². The van der Waals surface area contributed by atoms with E-state index in [1.54, 1.807) is 18.1 Å². The number of ether oxygens (including phenoxy) is 1. The van der Waals surface area contributed by atoms with Crippen molar-refractivity contribution in [2.45, 2.75) is 32.5 Å². The Kier molecular flexibility index (Phi) is 4.38. The quantitative estimate of drug-likeness (QED) is 0.842. The maximum Gasteiger partial charge on any atom is 0.246 e. The van der Waals surface area contributed by atoms with Gasteiger partial charge in [0.2, 0.25) is 5.91 Å². The van der Waals surface area contributed by atoms with Gasteiger partial charge in [0.15, 0.2) is 5.82 Å². The van der Waals surface area contributed by atoms with Gasteiger partial charge in [-0.3, -0.25) is 4.79 Å². The predicted molar refractivity (Wildman–Crippen MR) is 81.0 cm³/mol. The smallest absolute Gasteiger partial charge is 0.246 e. The highest BCUT2D eigenvalue weighted by molar-refractivity contribution is 5.81. The molecule has 1 atom stereocenters. The van der Waals surface area contributed by atoms with Crippen molar-refractivity contribution >= 4 is 5.91 Å². The van der Waals surface area contributed by atoms with E-state index in [4.69, 9.17) is 4.74 Å². The van der Waals surface area contributed by atoms with Gasteiger partial charge in [-0.05, 0) is 24.6 Å². The minimum Gasteiger partial charge on any atom is -0.384 e. The molecular weight excluding hydrogens is 299 g/mol. The summed E-state index contributed by atoms with van der Waals surface area (Å²) in [5, 5.41) is 8.36. The molecule has 0 bridgehead atoms. The molecule has 0 N–H and O–H groups in total. The molecule has 1 aliphatic heterocycles. The molecule has 7 heteroatoms. The van der Waals surface area contributed by atoms with E-state index in [1.165, 1.54) is 12.1 Å². The zero-order chi connectivity index (χ0) is 16.4. The van der Waals surface area contributed by atoms with Gasteiger partial charge in [-0.25, -0.2) is 4.39 Å². The summed E-state index contributed by atoms with van der Waals surface area (Å²) in [6.07, 6.45) is 0.616. The third-order valence-electron chi connectivity index (χ3n) is 4.02. The van der Waals surface area contributed by atoms with E-state index >= 15 is 0 Å². The number of carbonyl (C=O) groups excluding carboxylic acids is 1. The van der Waals surface area contributed by atoms with Crippen LogP contribution in [0.1, 0.15) is 30.2 Å². The van der Waals surface area contributed by atoms with Gasteiger partial charge < -0.3 is 14.2 Å². The number of aromatic nitrogens is 3. The number of nitrogens with zero attached hydrogens (tertiary/aromatic N) is 4. The van der Waals surface area contributed by atoms with Crippen molar-refractivity contribution in [1.29, 1.82) is 0 Å². The van der Waals surface area contributed by atoms with Gasteiger partial charge in [-0.15, -0.1) is 10.2 Å². The summed E-state index contributed by atoms with van der Waals surface area (Å²) in [4.78, 5) is 14.3. The molecule has 0 saturated heterocycles. The van der Waals surface area contributed by atoms with Gasteiger partial charge >= 0.3 is 0 Å². The Balaban J connectivity index is 1.81. The largest absolute Gasteiger partial charge is 0.384 e. The minimum absolute atomic E-state index is 0.0137. The summed E-state index contributed by atoms with van der Waals surface area (Å²) >= 11 is 0. The van der Waals surface area contributed by atoms with Crippen LogP contribution in [-0.4, -0.2) is 39.3 Å². The Bertz CT molecular complexity index is 716. The summed E-state index contributed by atoms with van der Waals surface area (Å²) in [6, 6.07) is 5.93. The highest BCUT2D eigenvalue weighted by atomic mass is 19.1. The molecule has 0 saturated carbocycles. The molecule has 2 heterocycles. The van der Waals surface area contributed by atoms with Crippen LogP contribution in [0, 0.1) is 5.82 Å². The van der Waals surface area contributed by atoms with Crippen molar-refractivity contribution in [2.75, 3.05) is 13.7 Å². The lowest BCUT2D eigenvalue weighted by Crippen LogP contribution is -2.41. The Hall–Kier alpha value is -2.28. The topological polar surface area (TPSA) is 60.3 Å². The van der Waals surface area contributed by atoms with E-state index in [0.717, 1.165) is 17.2 Å². The summed E-state index contributed by atoms with van der Waals surface area (Å²) in [7, 11) is 1.63. The normalized spacial score (nSPS) is 17.4. The van der Waals surface area contributed by atoms with E-state index in [0.29, 0.717) is 26.1 Å². The van der Waals surface area contributed by atoms with Crippen molar-refractivity contribution in [1.82, 2.24) is 19.7 Å². The molecule has 0 spiro atoms. The van der Waals surface area contributed by atoms with E-state index in [1.807, 2.05) is 17.6 Å². The second kappa shape index (κ2) is 6.45. The Morgan fingerprint density at radius 3 is 2.96 bits per heavy atom. The van der Waals surface area contributed by atoms with E-state index in [9.17, 15) is 9.18 Å². The molecule has 23 heavy (non-hydrogen) atoms. The third kappa shape index (κ3) is 3.10. The number of hydrogen-bond donors (Lipinski definition) is 0. The fraction of sp³-hybridized carbons (Fsp3) is 0.438. The maximum atomic E-state index is 13.3. The summed E-state index contributed by atoms with van der Waals surface area (Å²) in [5.74, 6) is 1.19. The van der Waals surface area contributed by atoms with Gasteiger partial charge in [0, 0.05) is 20.1 Å². The second-order valence-electron chi connectivity index (χ2n) is 5.65. The van der Waals surface area contributed by atoms with Crippen LogP contribution in [0.2, 0.25) is 0 Å². The average molecular weight is 318 g/mol. The third-order valence-corrected chi connectivity index (χ3v) is 4.02. The van der Waals surface area contributed by atoms with Crippen molar-refractivity contribution in [3.05, 3.63) is 47.3 Å². The average Bonchev–Trinajstić information content (AvgIpc) is 2.93. The molecule has 0 aliphatic carbocycles. The Morgan fingerprint density at radius 2 is 2.22 bits per heavy atom. The van der Waals surface area contributed by atoms with Crippen molar-refractivity contribution in [2.24, 2.45) is 0 Å². The van der Waals surface area contributed by atoms with Crippen LogP contribution in [0.3, 0.4) is 0 Å². The standard InChI is InChI=1S/C16H19FN4O2/c1-11-16(22)20(9-12-4-3-5-13(17)8-12)10-15-19-18-14(21(11)15)6-7-23-2/h3-5,8,11H,6-7,9-10H2,1-2H3/t11-/m0/s1. The molecule has 1 amide bonds. The Labute approximate surface area is 133 Å². The monoisotopic (exact) mass is 318 g/mol. The fourth-order valence-electron chi connectivity index (χ4n) is 2.89. The number of amides is 1. The van der Waals surface area contributed by atoms with Gasteiger partial charge in [0.1, 0.15) is 17.7 Å². The molecule has 1 aromatic carbocycles. The van der Waals surface area contributed by atoms with Crippen molar-refractivity contribution < 1.29 is 13.9 Å². The van der Waals surface area contributed by atoms with Crippen LogP contribution in [0.15, 0.2) is 24.3 Å². The first-order valence-electron chi connectivity index (χ1n) is 7.55. The van der Waals surface area contributed by atoms with Crippen LogP contribution in [0.5, 0.6) is 0 Å². The highest BCUT2D eigenvalue weighted by Crippen LogP contribution is 2.24. The first-order chi connectivity index (χ1) is 11.1. The molecule has 1 aromatic heterocycles. The van der Waals surface area contributed by atoms with Gasteiger partial charge in [0.05, 0.1) is 13.2 Å². The number of fused-ring (bicyclic) bond motifs is 1. The van der Waals surface area contributed by atoms with Crippen LogP contribution in [0.4, 0.5) is 4.39 Å². The molecule has 0 fully saturated rings. The van der Waals surface area contributed by atoms with E-state index in [2.05, 4.69) is 10.2 Å². The lowest BCUT2D eigenvalue weighted by atomic mass is 10.1. The number of rotatable bonds is 5.